The minimum atomic E-state index is -0.220. The van der Waals surface area contributed by atoms with Gasteiger partial charge in [-0.15, -0.1) is 5.10 Å². The Kier molecular flexibility index (Phi) is 3.44. The highest BCUT2D eigenvalue weighted by molar-refractivity contribution is 5.72. The van der Waals surface area contributed by atoms with Crippen molar-refractivity contribution >= 4 is 5.97 Å². The highest BCUT2D eigenvalue weighted by Gasteiger charge is 2.03. The van der Waals surface area contributed by atoms with E-state index in [4.69, 9.17) is 4.74 Å². The summed E-state index contributed by atoms with van der Waals surface area (Å²) < 4.78 is 6.65. The lowest BCUT2D eigenvalue weighted by Crippen LogP contribution is -2.06. The predicted molar refractivity (Wildman–Crippen MR) is 59.7 cm³/mol. The molecule has 1 heterocycles. The molecule has 0 bridgehead atoms. The molecule has 0 radical (unpaired) electrons. The summed E-state index contributed by atoms with van der Waals surface area (Å²) in [6.45, 7) is 1.93. The zero-order chi connectivity index (χ0) is 12.1. The summed E-state index contributed by atoms with van der Waals surface area (Å²) in [6.07, 6.45) is 2.70. The van der Waals surface area contributed by atoms with Crippen molar-refractivity contribution in [2.24, 2.45) is 0 Å². The Morgan fingerprint density at radius 3 is 2.71 bits per heavy atom. The van der Waals surface area contributed by atoms with Crippen molar-refractivity contribution < 1.29 is 9.53 Å². The van der Waals surface area contributed by atoms with Gasteiger partial charge in [-0.1, -0.05) is 6.92 Å². The van der Waals surface area contributed by atoms with Gasteiger partial charge < -0.3 is 4.74 Å². The first-order chi connectivity index (χ1) is 8.29. The predicted octanol–water partition coefficient (Wildman–Crippen LogP) is 1.37. The number of carbonyl (C=O) groups is 1. The van der Waals surface area contributed by atoms with E-state index in [-0.39, 0.29) is 5.97 Å². The molecule has 0 amide bonds. The van der Waals surface area contributed by atoms with Gasteiger partial charge in [0.05, 0.1) is 5.69 Å². The average molecular weight is 232 g/mol. The molecule has 1 aromatic heterocycles. The topological polar surface area (TPSA) is 69.9 Å². The molecule has 0 aliphatic rings. The molecular weight excluding hydrogens is 220 g/mol. The highest BCUT2D eigenvalue weighted by Crippen LogP contribution is 2.14. The third-order valence-electron chi connectivity index (χ3n) is 2.14. The number of nitrogens with zero attached hydrogens (tertiary/aromatic N) is 4. The van der Waals surface area contributed by atoms with Crippen LogP contribution in [0, 0.1) is 0 Å². The van der Waals surface area contributed by atoms with Gasteiger partial charge in [0.25, 0.3) is 0 Å². The Hall–Kier alpha value is -2.24. The maximum atomic E-state index is 11.3. The molecule has 0 aliphatic carbocycles. The van der Waals surface area contributed by atoms with Gasteiger partial charge in [-0.3, -0.25) is 4.79 Å². The van der Waals surface area contributed by atoms with Crippen LogP contribution in [0.2, 0.25) is 0 Å². The molecule has 0 saturated carbocycles. The number of benzene rings is 1. The van der Waals surface area contributed by atoms with E-state index in [2.05, 4.69) is 15.5 Å². The van der Waals surface area contributed by atoms with Crippen LogP contribution in [0.5, 0.6) is 5.75 Å². The van der Waals surface area contributed by atoms with Gasteiger partial charge in [-0.2, -0.15) is 0 Å². The van der Waals surface area contributed by atoms with E-state index < -0.39 is 0 Å². The standard InChI is InChI=1S/C11H12N4O2/c1-2-3-11(16)17-10-6-4-9(5-7-10)15-8-12-13-14-15/h4-8H,2-3H2,1H3. The maximum absolute atomic E-state index is 11.3. The van der Waals surface area contributed by atoms with Crippen LogP contribution in [-0.4, -0.2) is 26.2 Å². The fourth-order valence-electron chi connectivity index (χ4n) is 1.33. The number of hydrogen-bond acceptors (Lipinski definition) is 5. The van der Waals surface area contributed by atoms with Crippen LogP contribution in [0.15, 0.2) is 30.6 Å². The number of carbonyl (C=O) groups excluding carboxylic acids is 1. The SMILES string of the molecule is CCCC(=O)Oc1ccc(-n2cnnn2)cc1. The van der Waals surface area contributed by atoms with Crippen molar-refractivity contribution in [3.05, 3.63) is 30.6 Å². The quantitative estimate of drug-likeness (QED) is 0.588. The van der Waals surface area contributed by atoms with Crippen LogP contribution >= 0.6 is 0 Å². The van der Waals surface area contributed by atoms with Crippen LogP contribution in [0.1, 0.15) is 19.8 Å². The molecular formula is C11H12N4O2. The molecule has 2 rings (SSSR count). The molecule has 0 aliphatic heterocycles. The van der Waals surface area contributed by atoms with E-state index >= 15 is 0 Å². The maximum Gasteiger partial charge on any atom is 0.311 e. The summed E-state index contributed by atoms with van der Waals surface area (Å²) in [4.78, 5) is 11.3. The van der Waals surface area contributed by atoms with Gasteiger partial charge in [0, 0.05) is 6.42 Å². The third kappa shape index (κ3) is 2.87. The largest absolute Gasteiger partial charge is 0.427 e. The Morgan fingerprint density at radius 1 is 1.35 bits per heavy atom. The molecule has 1 aromatic carbocycles. The lowest BCUT2D eigenvalue weighted by molar-refractivity contribution is -0.134. The zero-order valence-electron chi connectivity index (χ0n) is 9.41. The summed E-state index contributed by atoms with van der Waals surface area (Å²) >= 11 is 0. The zero-order valence-corrected chi connectivity index (χ0v) is 9.41. The number of rotatable bonds is 4. The normalized spacial score (nSPS) is 10.2. The van der Waals surface area contributed by atoms with Crippen LogP contribution in [0.25, 0.3) is 5.69 Å². The number of tetrazole rings is 1. The van der Waals surface area contributed by atoms with Crippen molar-refractivity contribution in [2.45, 2.75) is 19.8 Å². The van der Waals surface area contributed by atoms with Crippen molar-refractivity contribution in [3.63, 3.8) is 0 Å². The van der Waals surface area contributed by atoms with Crippen LogP contribution < -0.4 is 4.74 Å². The molecule has 88 valence electrons. The lowest BCUT2D eigenvalue weighted by Gasteiger charge is -2.04. The fraction of sp³-hybridized carbons (Fsp3) is 0.273. The number of ether oxygens (including phenoxy) is 1. The minimum Gasteiger partial charge on any atom is -0.427 e. The van der Waals surface area contributed by atoms with E-state index in [0.29, 0.717) is 12.2 Å². The Morgan fingerprint density at radius 2 is 2.12 bits per heavy atom. The van der Waals surface area contributed by atoms with Crippen molar-refractivity contribution in [1.82, 2.24) is 20.2 Å². The summed E-state index contributed by atoms with van der Waals surface area (Å²) in [7, 11) is 0. The van der Waals surface area contributed by atoms with Crippen molar-refractivity contribution in [1.29, 1.82) is 0 Å². The van der Waals surface area contributed by atoms with Gasteiger partial charge >= 0.3 is 5.97 Å². The van der Waals surface area contributed by atoms with Gasteiger partial charge in [0.1, 0.15) is 12.1 Å². The van der Waals surface area contributed by atoms with E-state index in [1.165, 1.54) is 11.0 Å². The molecule has 0 saturated heterocycles. The van der Waals surface area contributed by atoms with E-state index in [0.717, 1.165) is 12.1 Å². The second kappa shape index (κ2) is 5.20. The van der Waals surface area contributed by atoms with Crippen LogP contribution in [0.4, 0.5) is 0 Å². The first-order valence-corrected chi connectivity index (χ1v) is 5.33. The molecule has 0 N–H and O–H groups in total. The van der Waals surface area contributed by atoms with Gasteiger partial charge in [0.2, 0.25) is 0 Å². The average Bonchev–Trinajstić information content (AvgIpc) is 2.84. The molecule has 0 atom stereocenters. The van der Waals surface area contributed by atoms with E-state index in [9.17, 15) is 4.79 Å². The second-order valence-electron chi connectivity index (χ2n) is 3.47. The monoisotopic (exact) mass is 232 g/mol. The van der Waals surface area contributed by atoms with Gasteiger partial charge in [-0.05, 0) is 41.1 Å². The highest BCUT2D eigenvalue weighted by atomic mass is 16.5. The van der Waals surface area contributed by atoms with Crippen LogP contribution in [-0.2, 0) is 4.79 Å². The molecule has 6 heteroatoms. The van der Waals surface area contributed by atoms with Gasteiger partial charge in [-0.25, -0.2) is 4.68 Å². The molecule has 2 aromatic rings. The molecule has 6 nitrogen and oxygen atoms in total. The Labute approximate surface area is 98.2 Å². The minimum absolute atomic E-state index is 0.220. The molecule has 0 spiro atoms. The lowest BCUT2D eigenvalue weighted by atomic mass is 10.3. The van der Waals surface area contributed by atoms with E-state index in [1.54, 1.807) is 24.3 Å². The summed E-state index contributed by atoms with van der Waals surface area (Å²) in [6, 6.07) is 6.99. The first-order valence-electron chi connectivity index (χ1n) is 5.33. The summed E-state index contributed by atoms with van der Waals surface area (Å²) in [5, 5.41) is 10.8. The van der Waals surface area contributed by atoms with Crippen molar-refractivity contribution in [2.75, 3.05) is 0 Å². The van der Waals surface area contributed by atoms with Crippen LogP contribution in [0.3, 0.4) is 0 Å². The van der Waals surface area contributed by atoms with E-state index in [1.807, 2.05) is 6.92 Å². The first kappa shape index (κ1) is 11.3. The Bertz CT molecular complexity index is 479. The molecule has 17 heavy (non-hydrogen) atoms. The summed E-state index contributed by atoms with van der Waals surface area (Å²) in [5.74, 6) is 0.308. The number of hydrogen-bond donors (Lipinski definition) is 0. The van der Waals surface area contributed by atoms with Gasteiger partial charge in [0.15, 0.2) is 0 Å². The number of aromatic nitrogens is 4. The smallest absolute Gasteiger partial charge is 0.311 e. The Balaban J connectivity index is 2.06. The van der Waals surface area contributed by atoms with Crippen molar-refractivity contribution in [3.8, 4) is 11.4 Å². The molecule has 0 unspecified atom stereocenters. The second-order valence-corrected chi connectivity index (χ2v) is 3.47. The molecule has 0 fully saturated rings. The third-order valence-corrected chi connectivity index (χ3v) is 2.14. The number of esters is 1. The summed E-state index contributed by atoms with van der Waals surface area (Å²) in [5.41, 5.74) is 0.810. The fourth-order valence-corrected chi connectivity index (χ4v) is 1.33.